The first kappa shape index (κ1) is 7.27. The fraction of sp³-hybridized carbons (Fsp3) is 0.600. The van der Waals surface area contributed by atoms with Crippen molar-refractivity contribution >= 4 is 23.3 Å². The Kier molecular flexibility index (Phi) is 2.06. The first-order chi connectivity index (χ1) is 4.70. The second-order valence-corrected chi connectivity index (χ2v) is 2.43. The fourth-order valence-electron chi connectivity index (χ4n) is 0.825. The van der Waals surface area contributed by atoms with Crippen LogP contribution in [-0.2, 0) is 4.79 Å². The summed E-state index contributed by atoms with van der Waals surface area (Å²) >= 11 is 4.81. The quantitative estimate of drug-likeness (QED) is 0.521. The molecule has 5 heteroatoms. The van der Waals surface area contributed by atoms with E-state index < -0.39 is 5.97 Å². The van der Waals surface area contributed by atoms with Crippen molar-refractivity contribution in [3.63, 3.8) is 0 Å². The van der Waals surface area contributed by atoms with Crippen molar-refractivity contribution in [1.29, 1.82) is 0 Å². The maximum Gasteiger partial charge on any atom is 0.323 e. The highest BCUT2D eigenvalue weighted by molar-refractivity contribution is 7.80. The van der Waals surface area contributed by atoms with Crippen molar-refractivity contribution in [2.75, 3.05) is 19.6 Å². The predicted molar refractivity (Wildman–Crippen MR) is 39.8 cm³/mol. The third kappa shape index (κ3) is 1.57. The van der Waals surface area contributed by atoms with Crippen LogP contribution in [0.15, 0.2) is 0 Å². The number of carboxylic acid groups (broad SMARTS) is 1. The number of thiocarbonyl (C=S) groups is 1. The Bertz CT molecular complexity index is 171. The number of hydrogen-bond donors (Lipinski definition) is 2. The van der Waals surface area contributed by atoms with E-state index in [1.807, 2.05) is 0 Å². The van der Waals surface area contributed by atoms with E-state index in [-0.39, 0.29) is 6.54 Å². The maximum atomic E-state index is 10.2. The minimum absolute atomic E-state index is 0.00579. The molecule has 1 heterocycles. The molecule has 10 heavy (non-hydrogen) atoms. The van der Waals surface area contributed by atoms with Crippen LogP contribution in [-0.4, -0.2) is 40.7 Å². The van der Waals surface area contributed by atoms with Gasteiger partial charge in [0.25, 0.3) is 0 Å². The van der Waals surface area contributed by atoms with Crippen LogP contribution in [0.25, 0.3) is 0 Å². The van der Waals surface area contributed by atoms with E-state index in [9.17, 15) is 4.79 Å². The first-order valence-electron chi connectivity index (χ1n) is 2.95. The molecule has 0 unspecified atom stereocenters. The summed E-state index contributed by atoms with van der Waals surface area (Å²) in [6, 6.07) is 0. The molecule has 1 saturated heterocycles. The van der Waals surface area contributed by atoms with Crippen LogP contribution < -0.4 is 5.32 Å². The zero-order valence-electron chi connectivity index (χ0n) is 5.33. The third-order valence-corrected chi connectivity index (χ3v) is 1.67. The van der Waals surface area contributed by atoms with Crippen LogP contribution in [0, 0.1) is 0 Å². The SMILES string of the molecule is O=C(O)CN1CCNC1=S. The fourth-order valence-corrected chi connectivity index (χ4v) is 1.08. The van der Waals surface area contributed by atoms with E-state index in [4.69, 9.17) is 17.3 Å². The summed E-state index contributed by atoms with van der Waals surface area (Å²) in [6.07, 6.45) is 0. The van der Waals surface area contributed by atoms with Gasteiger partial charge in [-0.25, -0.2) is 0 Å². The second kappa shape index (κ2) is 2.83. The summed E-state index contributed by atoms with van der Waals surface area (Å²) in [5.41, 5.74) is 0. The Balaban J connectivity index is 2.40. The Morgan fingerprint density at radius 3 is 3.00 bits per heavy atom. The molecule has 4 nitrogen and oxygen atoms in total. The number of rotatable bonds is 2. The highest BCUT2D eigenvalue weighted by Crippen LogP contribution is 1.95. The molecular formula is C5H8N2O2S. The molecule has 0 amide bonds. The monoisotopic (exact) mass is 160 g/mol. The van der Waals surface area contributed by atoms with Gasteiger partial charge in [-0.2, -0.15) is 0 Å². The highest BCUT2D eigenvalue weighted by Gasteiger charge is 2.17. The summed E-state index contributed by atoms with van der Waals surface area (Å²) in [6.45, 7) is 1.46. The minimum Gasteiger partial charge on any atom is -0.480 e. The lowest BCUT2D eigenvalue weighted by Crippen LogP contribution is -2.32. The van der Waals surface area contributed by atoms with Gasteiger partial charge in [0.15, 0.2) is 5.11 Å². The van der Waals surface area contributed by atoms with Crippen LogP contribution in [0.4, 0.5) is 0 Å². The predicted octanol–water partition coefficient (Wildman–Crippen LogP) is -0.739. The van der Waals surface area contributed by atoms with Crippen LogP contribution >= 0.6 is 12.2 Å². The molecule has 0 bridgehead atoms. The van der Waals surface area contributed by atoms with E-state index in [0.717, 1.165) is 6.54 Å². The van der Waals surface area contributed by atoms with Gasteiger partial charge in [-0.3, -0.25) is 4.79 Å². The highest BCUT2D eigenvalue weighted by atomic mass is 32.1. The van der Waals surface area contributed by atoms with E-state index >= 15 is 0 Å². The minimum atomic E-state index is -0.842. The van der Waals surface area contributed by atoms with Gasteiger partial charge in [0, 0.05) is 13.1 Å². The van der Waals surface area contributed by atoms with Crippen molar-refractivity contribution in [1.82, 2.24) is 10.2 Å². The van der Waals surface area contributed by atoms with Crippen molar-refractivity contribution in [3.05, 3.63) is 0 Å². The zero-order valence-corrected chi connectivity index (χ0v) is 6.15. The lowest BCUT2D eigenvalue weighted by atomic mass is 10.5. The molecule has 0 saturated carbocycles. The summed E-state index contributed by atoms with van der Waals surface area (Å²) in [7, 11) is 0. The molecule has 0 atom stereocenters. The van der Waals surface area contributed by atoms with Crippen LogP contribution in [0.1, 0.15) is 0 Å². The summed E-state index contributed by atoms with van der Waals surface area (Å²) in [5, 5.41) is 11.8. The molecule has 1 rings (SSSR count). The molecule has 0 aromatic rings. The van der Waals surface area contributed by atoms with Crippen molar-refractivity contribution in [3.8, 4) is 0 Å². The molecular weight excluding hydrogens is 152 g/mol. The molecule has 0 aromatic heterocycles. The topological polar surface area (TPSA) is 52.6 Å². The summed E-state index contributed by atoms with van der Waals surface area (Å²) in [4.78, 5) is 11.8. The lowest BCUT2D eigenvalue weighted by Gasteiger charge is -2.11. The number of nitrogens with zero attached hydrogens (tertiary/aromatic N) is 1. The standard InChI is InChI=1S/C5H8N2O2S/c8-4(9)3-7-2-1-6-5(7)10/h1-3H2,(H,6,10)(H,8,9). The van der Waals surface area contributed by atoms with Crippen molar-refractivity contribution in [2.24, 2.45) is 0 Å². The van der Waals surface area contributed by atoms with Gasteiger partial charge in [0.2, 0.25) is 0 Å². The smallest absolute Gasteiger partial charge is 0.323 e. The molecule has 2 N–H and O–H groups in total. The average molecular weight is 160 g/mol. The second-order valence-electron chi connectivity index (χ2n) is 2.05. The van der Waals surface area contributed by atoms with Gasteiger partial charge < -0.3 is 15.3 Å². The zero-order chi connectivity index (χ0) is 7.56. The number of aliphatic carboxylic acids is 1. The van der Waals surface area contributed by atoms with Gasteiger partial charge in [0.05, 0.1) is 0 Å². The Morgan fingerprint density at radius 2 is 2.60 bits per heavy atom. The molecule has 56 valence electrons. The molecule has 1 aliphatic heterocycles. The largest absolute Gasteiger partial charge is 0.480 e. The van der Waals surface area contributed by atoms with E-state index in [1.165, 1.54) is 0 Å². The molecule has 0 aromatic carbocycles. The van der Waals surface area contributed by atoms with Gasteiger partial charge in [-0.15, -0.1) is 0 Å². The Morgan fingerprint density at radius 1 is 1.90 bits per heavy atom. The number of hydrogen-bond acceptors (Lipinski definition) is 2. The van der Waals surface area contributed by atoms with Crippen molar-refractivity contribution < 1.29 is 9.90 Å². The van der Waals surface area contributed by atoms with E-state index in [2.05, 4.69) is 5.32 Å². The van der Waals surface area contributed by atoms with E-state index in [1.54, 1.807) is 4.90 Å². The molecule has 0 radical (unpaired) electrons. The third-order valence-electron chi connectivity index (χ3n) is 1.27. The molecule has 1 aliphatic rings. The first-order valence-corrected chi connectivity index (χ1v) is 3.35. The Labute approximate surface area is 63.8 Å². The van der Waals surface area contributed by atoms with Gasteiger partial charge in [-0.05, 0) is 12.2 Å². The number of carbonyl (C=O) groups is 1. The van der Waals surface area contributed by atoms with Crippen LogP contribution in [0.3, 0.4) is 0 Å². The summed E-state index contributed by atoms with van der Waals surface area (Å²) < 4.78 is 0. The van der Waals surface area contributed by atoms with Crippen LogP contribution in [0.5, 0.6) is 0 Å². The normalized spacial score (nSPS) is 17.2. The summed E-state index contributed by atoms with van der Waals surface area (Å²) in [5.74, 6) is -0.842. The molecule has 1 fully saturated rings. The maximum absolute atomic E-state index is 10.2. The number of carboxylic acids is 1. The van der Waals surface area contributed by atoms with Crippen LogP contribution in [0.2, 0.25) is 0 Å². The van der Waals surface area contributed by atoms with Gasteiger partial charge in [0.1, 0.15) is 6.54 Å². The molecule has 0 spiro atoms. The number of nitrogens with one attached hydrogen (secondary N) is 1. The molecule has 0 aliphatic carbocycles. The van der Waals surface area contributed by atoms with Gasteiger partial charge in [-0.1, -0.05) is 0 Å². The lowest BCUT2D eigenvalue weighted by molar-refractivity contribution is -0.137. The Hall–Kier alpha value is -0.840. The van der Waals surface area contributed by atoms with Crippen molar-refractivity contribution in [2.45, 2.75) is 0 Å². The average Bonchev–Trinajstić information content (AvgIpc) is 2.15. The van der Waals surface area contributed by atoms with Gasteiger partial charge >= 0.3 is 5.97 Å². The van der Waals surface area contributed by atoms with E-state index in [0.29, 0.717) is 11.7 Å².